The van der Waals surface area contributed by atoms with Gasteiger partial charge in [0.2, 0.25) is 5.95 Å². The summed E-state index contributed by atoms with van der Waals surface area (Å²) in [5.41, 5.74) is 4.91. The summed E-state index contributed by atoms with van der Waals surface area (Å²) in [5, 5.41) is 7.66. The number of H-pyrrole nitrogens is 1. The number of anilines is 2. The standard InChI is InChI=1S/C19H13FN6/c20-13-4-1-3-12(9-13)15-5-2-8-26-18(15)24-19(25-26)23-14-6-7-16-17(10-14)22-11-21-16/h1-11H,(H,21,22)(H,23,25). The minimum absolute atomic E-state index is 0.282. The molecule has 2 aromatic carbocycles. The van der Waals surface area contributed by atoms with E-state index in [0.29, 0.717) is 11.6 Å². The first kappa shape index (κ1) is 14.6. The average Bonchev–Trinajstić information content (AvgIpc) is 3.27. The van der Waals surface area contributed by atoms with Crippen LogP contribution in [0.3, 0.4) is 0 Å². The lowest BCUT2D eigenvalue weighted by Gasteiger charge is -2.02. The van der Waals surface area contributed by atoms with Gasteiger partial charge in [0.1, 0.15) is 5.82 Å². The summed E-state index contributed by atoms with van der Waals surface area (Å²) in [6.07, 6.45) is 3.47. The predicted octanol–water partition coefficient (Wildman–Crippen LogP) is 4.16. The van der Waals surface area contributed by atoms with Crippen LogP contribution in [0.5, 0.6) is 0 Å². The molecule has 0 amide bonds. The number of rotatable bonds is 3. The van der Waals surface area contributed by atoms with E-state index in [1.54, 1.807) is 16.9 Å². The molecule has 0 atom stereocenters. The molecule has 0 spiro atoms. The van der Waals surface area contributed by atoms with Gasteiger partial charge in [0, 0.05) is 17.4 Å². The van der Waals surface area contributed by atoms with Gasteiger partial charge in [-0.3, -0.25) is 0 Å². The zero-order valence-corrected chi connectivity index (χ0v) is 13.5. The Balaban J connectivity index is 1.56. The van der Waals surface area contributed by atoms with Crippen molar-refractivity contribution < 1.29 is 4.39 Å². The first-order valence-electron chi connectivity index (χ1n) is 8.08. The van der Waals surface area contributed by atoms with Crippen molar-refractivity contribution in [2.45, 2.75) is 0 Å². The van der Waals surface area contributed by atoms with Gasteiger partial charge >= 0.3 is 0 Å². The highest BCUT2D eigenvalue weighted by atomic mass is 19.1. The number of halogens is 1. The van der Waals surface area contributed by atoms with E-state index in [2.05, 4.69) is 25.4 Å². The largest absolute Gasteiger partial charge is 0.345 e. The number of benzene rings is 2. The van der Waals surface area contributed by atoms with Crippen LogP contribution in [-0.2, 0) is 0 Å². The number of fused-ring (bicyclic) bond motifs is 2. The van der Waals surface area contributed by atoms with E-state index in [1.807, 2.05) is 42.6 Å². The van der Waals surface area contributed by atoms with Gasteiger partial charge in [-0.1, -0.05) is 12.1 Å². The molecule has 7 heteroatoms. The second-order valence-electron chi connectivity index (χ2n) is 5.90. The maximum atomic E-state index is 13.6. The third kappa shape index (κ3) is 2.46. The lowest BCUT2D eigenvalue weighted by atomic mass is 10.1. The fraction of sp³-hybridized carbons (Fsp3) is 0. The lowest BCUT2D eigenvalue weighted by molar-refractivity contribution is 0.628. The smallest absolute Gasteiger partial charge is 0.247 e. The quantitative estimate of drug-likeness (QED) is 0.516. The second-order valence-corrected chi connectivity index (χ2v) is 5.90. The number of nitrogens with zero attached hydrogens (tertiary/aromatic N) is 4. The fourth-order valence-electron chi connectivity index (χ4n) is 2.98. The lowest BCUT2D eigenvalue weighted by Crippen LogP contribution is -1.93. The molecular formula is C19H13FN6. The molecule has 0 radical (unpaired) electrons. The van der Waals surface area contributed by atoms with Crippen LogP contribution in [0, 0.1) is 5.82 Å². The first-order chi connectivity index (χ1) is 12.8. The molecule has 6 nitrogen and oxygen atoms in total. The molecule has 0 fully saturated rings. The van der Waals surface area contributed by atoms with Crippen molar-refractivity contribution in [3.63, 3.8) is 0 Å². The molecule has 3 aromatic heterocycles. The minimum Gasteiger partial charge on any atom is -0.345 e. The Bertz CT molecular complexity index is 1240. The molecular weight excluding hydrogens is 331 g/mol. The summed E-state index contributed by atoms with van der Waals surface area (Å²) in [4.78, 5) is 11.9. The number of imidazole rings is 1. The SMILES string of the molecule is Fc1cccc(-c2cccn3nc(Nc4ccc5nc[nH]c5c4)nc23)c1. The summed E-state index contributed by atoms with van der Waals surface area (Å²) in [7, 11) is 0. The van der Waals surface area contributed by atoms with E-state index in [1.165, 1.54) is 12.1 Å². The van der Waals surface area contributed by atoms with Crippen molar-refractivity contribution in [2.75, 3.05) is 5.32 Å². The zero-order chi connectivity index (χ0) is 17.5. The van der Waals surface area contributed by atoms with Crippen molar-refractivity contribution in [3.05, 3.63) is 72.9 Å². The first-order valence-corrected chi connectivity index (χ1v) is 8.08. The number of hydrogen-bond acceptors (Lipinski definition) is 4. The van der Waals surface area contributed by atoms with Crippen LogP contribution in [-0.4, -0.2) is 24.6 Å². The Labute approximate surface area is 147 Å². The summed E-state index contributed by atoms with van der Waals surface area (Å²) < 4.78 is 15.3. The Kier molecular flexibility index (Phi) is 3.18. The van der Waals surface area contributed by atoms with Gasteiger partial charge in [0.15, 0.2) is 5.65 Å². The second kappa shape index (κ2) is 5.66. The molecule has 0 saturated heterocycles. The fourth-order valence-corrected chi connectivity index (χ4v) is 2.98. The summed E-state index contributed by atoms with van der Waals surface area (Å²) >= 11 is 0. The molecule has 5 rings (SSSR count). The highest BCUT2D eigenvalue weighted by Crippen LogP contribution is 2.26. The van der Waals surface area contributed by atoms with E-state index in [-0.39, 0.29) is 5.82 Å². The predicted molar refractivity (Wildman–Crippen MR) is 97.8 cm³/mol. The van der Waals surface area contributed by atoms with Gasteiger partial charge < -0.3 is 10.3 Å². The van der Waals surface area contributed by atoms with Gasteiger partial charge in [-0.2, -0.15) is 4.98 Å². The van der Waals surface area contributed by atoms with Crippen LogP contribution < -0.4 is 5.32 Å². The highest BCUT2D eigenvalue weighted by Gasteiger charge is 2.10. The number of pyridine rings is 1. The molecule has 26 heavy (non-hydrogen) atoms. The van der Waals surface area contributed by atoms with Gasteiger partial charge in [0.05, 0.1) is 17.4 Å². The molecule has 126 valence electrons. The van der Waals surface area contributed by atoms with Crippen LogP contribution >= 0.6 is 0 Å². The maximum Gasteiger partial charge on any atom is 0.247 e. The summed E-state index contributed by atoms with van der Waals surface area (Å²) in [5.74, 6) is 0.183. The van der Waals surface area contributed by atoms with Crippen molar-refractivity contribution in [1.29, 1.82) is 0 Å². The van der Waals surface area contributed by atoms with E-state index >= 15 is 0 Å². The Morgan fingerprint density at radius 1 is 1.04 bits per heavy atom. The van der Waals surface area contributed by atoms with Crippen molar-refractivity contribution >= 4 is 28.3 Å². The van der Waals surface area contributed by atoms with Gasteiger partial charge in [-0.05, 0) is 48.0 Å². The van der Waals surface area contributed by atoms with Gasteiger partial charge in [-0.25, -0.2) is 13.9 Å². The average molecular weight is 344 g/mol. The van der Waals surface area contributed by atoms with Crippen LogP contribution in [0.1, 0.15) is 0 Å². The number of aromatic nitrogens is 5. The molecule has 2 N–H and O–H groups in total. The molecule has 0 aliphatic heterocycles. The topological polar surface area (TPSA) is 70.9 Å². The van der Waals surface area contributed by atoms with Gasteiger partial charge in [-0.15, -0.1) is 5.10 Å². The summed E-state index contributed by atoms with van der Waals surface area (Å²) in [6, 6.07) is 16.0. The normalized spacial score (nSPS) is 11.3. The molecule has 0 saturated carbocycles. The van der Waals surface area contributed by atoms with Crippen molar-refractivity contribution in [1.82, 2.24) is 24.6 Å². The maximum absolute atomic E-state index is 13.6. The Hall–Kier alpha value is -3.74. The zero-order valence-electron chi connectivity index (χ0n) is 13.5. The van der Waals surface area contributed by atoms with Gasteiger partial charge in [0.25, 0.3) is 0 Å². The Morgan fingerprint density at radius 3 is 2.92 bits per heavy atom. The van der Waals surface area contributed by atoms with E-state index in [0.717, 1.165) is 27.8 Å². The minimum atomic E-state index is -0.282. The van der Waals surface area contributed by atoms with Crippen LogP contribution in [0.25, 0.3) is 27.8 Å². The van der Waals surface area contributed by atoms with Crippen molar-refractivity contribution in [2.24, 2.45) is 0 Å². The molecule has 0 aliphatic carbocycles. The molecule has 0 aliphatic rings. The molecule has 0 unspecified atom stereocenters. The van der Waals surface area contributed by atoms with Crippen LogP contribution in [0.4, 0.5) is 16.0 Å². The Morgan fingerprint density at radius 2 is 2.00 bits per heavy atom. The number of nitrogens with one attached hydrogen (secondary N) is 2. The molecule has 0 bridgehead atoms. The van der Waals surface area contributed by atoms with Crippen molar-refractivity contribution in [3.8, 4) is 11.1 Å². The van der Waals surface area contributed by atoms with Crippen LogP contribution in [0.2, 0.25) is 0 Å². The molecule has 3 heterocycles. The number of hydrogen-bond donors (Lipinski definition) is 2. The van der Waals surface area contributed by atoms with Crippen LogP contribution in [0.15, 0.2) is 67.1 Å². The third-order valence-electron chi connectivity index (χ3n) is 4.17. The van der Waals surface area contributed by atoms with E-state index in [4.69, 9.17) is 0 Å². The molecule has 5 aromatic rings. The van der Waals surface area contributed by atoms with E-state index < -0.39 is 0 Å². The summed E-state index contributed by atoms with van der Waals surface area (Å²) in [6.45, 7) is 0. The highest BCUT2D eigenvalue weighted by molar-refractivity contribution is 5.81. The third-order valence-corrected chi connectivity index (χ3v) is 4.17. The number of aromatic amines is 1. The monoisotopic (exact) mass is 344 g/mol. The van der Waals surface area contributed by atoms with E-state index in [9.17, 15) is 4.39 Å².